The molecule has 0 saturated heterocycles. The smallest absolute Gasteiger partial charge is 0.306 e. The molecule has 0 aliphatic heterocycles. The lowest BCUT2D eigenvalue weighted by molar-refractivity contribution is -0.143. The van der Waals surface area contributed by atoms with Crippen LogP contribution in [0.2, 0.25) is 5.02 Å². The van der Waals surface area contributed by atoms with E-state index in [-0.39, 0.29) is 5.97 Å². The molecule has 0 atom stereocenters. The van der Waals surface area contributed by atoms with E-state index in [1.54, 1.807) is 13.0 Å². The summed E-state index contributed by atoms with van der Waals surface area (Å²) in [5.74, 6) is -0.207. The second-order valence-corrected chi connectivity index (χ2v) is 3.87. The summed E-state index contributed by atoms with van der Waals surface area (Å²) in [6.45, 7) is 5.73. The van der Waals surface area contributed by atoms with E-state index in [4.69, 9.17) is 16.3 Å². The molecule has 0 aliphatic carbocycles. The summed E-state index contributed by atoms with van der Waals surface area (Å²) in [7, 11) is 0. The number of rotatable bonds is 5. The third-order valence-corrected chi connectivity index (χ3v) is 2.65. The normalized spacial score (nSPS) is 9.53. The fraction of sp³-hybridized carbons (Fsp3) is 0.286. The van der Waals surface area contributed by atoms with Crippen molar-refractivity contribution in [3.63, 3.8) is 0 Å². The molecule has 2 nitrogen and oxygen atoms in total. The maximum Gasteiger partial charge on any atom is 0.306 e. The van der Waals surface area contributed by atoms with Crippen LogP contribution in [0.5, 0.6) is 0 Å². The first-order valence-corrected chi connectivity index (χ1v) is 5.85. The van der Waals surface area contributed by atoms with E-state index < -0.39 is 0 Å². The number of halogens is 1. The van der Waals surface area contributed by atoms with Gasteiger partial charge in [-0.15, -0.1) is 5.73 Å². The predicted molar refractivity (Wildman–Crippen MR) is 70.0 cm³/mol. The van der Waals surface area contributed by atoms with E-state index in [0.717, 1.165) is 11.1 Å². The average molecular weight is 251 g/mol. The molecule has 3 heteroatoms. The van der Waals surface area contributed by atoms with Crippen LogP contribution in [0, 0.1) is 0 Å². The molecule has 0 radical (unpaired) electrons. The third kappa shape index (κ3) is 4.10. The van der Waals surface area contributed by atoms with E-state index in [2.05, 4.69) is 12.3 Å². The second-order valence-electron chi connectivity index (χ2n) is 3.46. The van der Waals surface area contributed by atoms with Gasteiger partial charge in [-0.2, -0.15) is 0 Å². The maximum atomic E-state index is 11.3. The molecule has 1 aromatic carbocycles. The van der Waals surface area contributed by atoms with Crippen LogP contribution in [-0.2, 0) is 16.0 Å². The van der Waals surface area contributed by atoms with Crippen molar-refractivity contribution in [2.45, 2.75) is 19.8 Å². The Balaban J connectivity index is 2.82. The highest BCUT2D eigenvalue weighted by atomic mass is 35.5. The minimum Gasteiger partial charge on any atom is -0.466 e. The second kappa shape index (κ2) is 6.95. The molecule has 0 bridgehead atoms. The van der Waals surface area contributed by atoms with Gasteiger partial charge in [-0.25, -0.2) is 0 Å². The molecule has 0 amide bonds. The van der Waals surface area contributed by atoms with Gasteiger partial charge in [0.25, 0.3) is 0 Å². The van der Waals surface area contributed by atoms with Gasteiger partial charge in [0.05, 0.1) is 6.61 Å². The van der Waals surface area contributed by atoms with Gasteiger partial charge in [0.15, 0.2) is 0 Å². The molecule has 0 aromatic heterocycles. The number of ether oxygens (including phenoxy) is 1. The molecule has 1 rings (SSSR count). The highest BCUT2D eigenvalue weighted by molar-refractivity contribution is 6.31. The van der Waals surface area contributed by atoms with Gasteiger partial charge in [0.1, 0.15) is 0 Å². The molecule has 90 valence electrons. The maximum absolute atomic E-state index is 11.3. The molecule has 0 fully saturated rings. The lowest BCUT2D eigenvalue weighted by atomic mass is 10.0. The summed E-state index contributed by atoms with van der Waals surface area (Å²) in [5, 5.41) is 0.651. The quantitative estimate of drug-likeness (QED) is 0.589. The molecule has 1 aromatic rings. The fourth-order valence-corrected chi connectivity index (χ4v) is 1.82. The Morgan fingerprint density at radius 2 is 2.35 bits per heavy atom. The summed E-state index contributed by atoms with van der Waals surface area (Å²) >= 11 is 6.11. The summed E-state index contributed by atoms with van der Waals surface area (Å²) in [5.41, 5.74) is 4.59. The molecule has 0 N–H and O–H groups in total. The van der Waals surface area contributed by atoms with E-state index >= 15 is 0 Å². The van der Waals surface area contributed by atoms with Gasteiger partial charge in [0, 0.05) is 11.4 Å². The van der Waals surface area contributed by atoms with Gasteiger partial charge in [-0.3, -0.25) is 4.79 Å². The minimum atomic E-state index is -0.207. The Kier molecular flexibility index (Phi) is 5.55. The van der Waals surface area contributed by atoms with Crippen LogP contribution in [0.4, 0.5) is 0 Å². The largest absolute Gasteiger partial charge is 0.466 e. The van der Waals surface area contributed by atoms with Crippen molar-refractivity contribution in [2.24, 2.45) is 0 Å². The molecule has 17 heavy (non-hydrogen) atoms. The van der Waals surface area contributed by atoms with Gasteiger partial charge >= 0.3 is 5.97 Å². The Bertz CT molecular complexity index is 446. The standard InChI is InChI=1S/C14H15ClO2/c1-3-6-11-7-5-8-13(15)12(11)9-10-14(16)17-4-2/h5-8H,1,4,9-10H2,2H3. The zero-order valence-corrected chi connectivity index (χ0v) is 10.6. The van der Waals surface area contributed by atoms with Crippen LogP contribution in [0.1, 0.15) is 24.5 Å². The van der Waals surface area contributed by atoms with Gasteiger partial charge in [0.2, 0.25) is 0 Å². The van der Waals surface area contributed by atoms with Crippen LogP contribution in [-0.4, -0.2) is 12.6 Å². The Labute approximate surface area is 107 Å². The van der Waals surface area contributed by atoms with Crippen LogP contribution < -0.4 is 0 Å². The number of hydrogen-bond donors (Lipinski definition) is 0. The molecule has 0 saturated carbocycles. The number of carbonyl (C=O) groups excluding carboxylic acids is 1. The van der Waals surface area contributed by atoms with Crippen molar-refractivity contribution in [1.82, 2.24) is 0 Å². The first-order valence-electron chi connectivity index (χ1n) is 5.48. The van der Waals surface area contributed by atoms with Crippen LogP contribution in [0.15, 0.2) is 30.5 Å². The van der Waals surface area contributed by atoms with Crippen LogP contribution in [0.3, 0.4) is 0 Å². The van der Waals surface area contributed by atoms with Crippen molar-refractivity contribution in [2.75, 3.05) is 6.61 Å². The summed E-state index contributed by atoms with van der Waals surface area (Å²) < 4.78 is 4.88. The van der Waals surface area contributed by atoms with Gasteiger partial charge in [-0.05, 0) is 36.6 Å². The lowest BCUT2D eigenvalue weighted by Gasteiger charge is -2.07. The summed E-state index contributed by atoms with van der Waals surface area (Å²) in [6.07, 6.45) is 2.65. The Morgan fingerprint density at radius 1 is 1.59 bits per heavy atom. The molecular formula is C14H15ClO2. The Hall–Kier alpha value is -1.50. The van der Waals surface area contributed by atoms with Crippen molar-refractivity contribution < 1.29 is 9.53 Å². The van der Waals surface area contributed by atoms with E-state index in [9.17, 15) is 4.79 Å². The zero-order chi connectivity index (χ0) is 12.7. The molecule has 0 heterocycles. The van der Waals surface area contributed by atoms with Crippen molar-refractivity contribution in [3.05, 3.63) is 46.7 Å². The zero-order valence-electron chi connectivity index (χ0n) is 9.83. The summed E-state index contributed by atoms with van der Waals surface area (Å²) in [6, 6.07) is 5.59. The third-order valence-electron chi connectivity index (χ3n) is 2.30. The van der Waals surface area contributed by atoms with Crippen LogP contribution in [0.25, 0.3) is 6.08 Å². The molecule has 0 spiro atoms. The van der Waals surface area contributed by atoms with Gasteiger partial charge < -0.3 is 4.74 Å². The lowest BCUT2D eigenvalue weighted by Crippen LogP contribution is -2.06. The predicted octanol–water partition coefficient (Wildman–Crippen LogP) is 3.63. The van der Waals surface area contributed by atoms with Crippen molar-refractivity contribution >= 4 is 23.6 Å². The van der Waals surface area contributed by atoms with E-state index in [0.29, 0.717) is 24.5 Å². The number of esters is 1. The number of carbonyl (C=O) groups is 1. The first kappa shape index (κ1) is 13.6. The SMILES string of the molecule is C=C=Cc1cccc(Cl)c1CCC(=O)OCC. The Morgan fingerprint density at radius 3 is 3.00 bits per heavy atom. The molecule has 0 unspecified atom stereocenters. The van der Waals surface area contributed by atoms with Crippen molar-refractivity contribution in [1.29, 1.82) is 0 Å². The molecule has 0 aliphatic rings. The topological polar surface area (TPSA) is 26.3 Å². The summed E-state index contributed by atoms with van der Waals surface area (Å²) in [4.78, 5) is 11.3. The fourth-order valence-electron chi connectivity index (χ4n) is 1.54. The highest BCUT2D eigenvalue weighted by Gasteiger charge is 2.08. The monoisotopic (exact) mass is 250 g/mol. The van der Waals surface area contributed by atoms with Gasteiger partial charge in [-0.1, -0.05) is 30.3 Å². The van der Waals surface area contributed by atoms with Crippen molar-refractivity contribution in [3.8, 4) is 0 Å². The molecular weight excluding hydrogens is 236 g/mol. The van der Waals surface area contributed by atoms with E-state index in [1.165, 1.54) is 0 Å². The average Bonchev–Trinajstić information content (AvgIpc) is 2.29. The van der Waals surface area contributed by atoms with E-state index in [1.807, 2.05) is 18.2 Å². The number of benzene rings is 1. The number of hydrogen-bond acceptors (Lipinski definition) is 2. The minimum absolute atomic E-state index is 0.207. The van der Waals surface area contributed by atoms with Crippen LogP contribution >= 0.6 is 11.6 Å². The first-order chi connectivity index (χ1) is 8.19. The highest BCUT2D eigenvalue weighted by Crippen LogP contribution is 2.22.